The van der Waals surface area contributed by atoms with E-state index >= 15 is 0 Å². The molecule has 2 N–H and O–H groups in total. The van der Waals surface area contributed by atoms with Crippen LogP contribution in [0.3, 0.4) is 0 Å². The monoisotopic (exact) mass is 153 g/mol. The van der Waals surface area contributed by atoms with E-state index in [-0.39, 0.29) is 0 Å². The summed E-state index contributed by atoms with van der Waals surface area (Å²) in [5, 5.41) is 12.7. The van der Waals surface area contributed by atoms with Gasteiger partial charge in [-0.05, 0) is 43.1 Å². The zero-order valence-electron chi connectivity index (χ0n) is 6.66. The van der Waals surface area contributed by atoms with Crippen molar-refractivity contribution >= 4 is 0 Å². The molecule has 2 aliphatic carbocycles. The van der Waals surface area contributed by atoms with Crippen molar-refractivity contribution in [2.75, 3.05) is 13.2 Å². The van der Waals surface area contributed by atoms with Gasteiger partial charge in [-0.1, -0.05) is 0 Å². The lowest BCUT2D eigenvalue weighted by molar-refractivity contribution is 0.144. The van der Waals surface area contributed by atoms with Gasteiger partial charge in [-0.3, -0.25) is 0 Å². The molecular weight excluding hydrogens is 138 g/mol. The van der Waals surface area contributed by atoms with Crippen LogP contribution in [0.5, 0.6) is 0 Å². The van der Waals surface area contributed by atoms with E-state index in [0.29, 0.717) is 12.5 Å². The van der Waals surface area contributed by atoms with E-state index in [0.717, 1.165) is 23.8 Å². The zero-order chi connectivity index (χ0) is 7.42. The van der Waals surface area contributed by atoms with Crippen LogP contribution in [0, 0.1) is 23.7 Å². The quantitative estimate of drug-likeness (QED) is 0.565. The lowest BCUT2D eigenvalue weighted by atomic mass is 9.81. The summed E-state index contributed by atoms with van der Waals surface area (Å²) >= 11 is 0. The normalized spacial score (nSPS) is 59.2. The molecule has 3 rings (SSSR count). The molecule has 2 saturated carbocycles. The average Bonchev–Trinajstić information content (AvgIpc) is 2.55. The molecule has 2 heteroatoms. The Morgan fingerprint density at radius 3 is 3.00 bits per heavy atom. The van der Waals surface area contributed by atoms with Gasteiger partial charge < -0.3 is 10.4 Å². The molecule has 0 radical (unpaired) electrons. The van der Waals surface area contributed by atoms with E-state index in [1.54, 1.807) is 0 Å². The molecule has 11 heavy (non-hydrogen) atoms. The smallest absolute Gasteiger partial charge is 0.0465 e. The predicted molar refractivity (Wildman–Crippen MR) is 42.1 cm³/mol. The number of hydrogen-bond donors (Lipinski definition) is 2. The summed E-state index contributed by atoms with van der Waals surface area (Å²) < 4.78 is 0. The van der Waals surface area contributed by atoms with Gasteiger partial charge in [-0.2, -0.15) is 0 Å². The molecule has 1 heterocycles. The Kier molecular flexibility index (Phi) is 1.16. The topological polar surface area (TPSA) is 32.3 Å². The van der Waals surface area contributed by atoms with Crippen molar-refractivity contribution < 1.29 is 5.11 Å². The maximum Gasteiger partial charge on any atom is 0.0465 e. The fraction of sp³-hybridized carbons (Fsp3) is 1.00. The van der Waals surface area contributed by atoms with E-state index in [2.05, 4.69) is 5.32 Å². The van der Waals surface area contributed by atoms with E-state index in [9.17, 15) is 5.11 Å². The SMILES string of the molecule is OCC1C2CC3NCC1C3C2. The lowest BCUT2D eigenvalue weighted by Gasteiger charge is -2.25. The number of rotatable bonds is 1. The van der Waals surface area contributed by atoms with E-state index in [1.165, 1.54) is 19.4 Å². The summed E-state index contributed by atoms with van der Waals surface area (Å²) in [7, 11) is 0. The fourth-order valence-corrected chi connectivity index (χ4v) is 3.71. The summed E-state index contributed by atoms with van der Waals surface area (Å²) in [6, 6.07) is 0.827. The van der Waals surface area contributed by atoms with Gasteiger partial charge in [0.1, 0.15) is 0 Å². The number of fused-ring (bicyclic) bond motifs is 1. The number of hydrogen-bond acceptors (Lipinski definition) is 2. The minimum atomic E-state index is 0.431. The molecule has 5 atom stereocenters. The molecule has 1 saturated heterocycles. The van der Waals surface area contributed by atoms with Gasteiger partial charge in [0.25, 0.3) is 0 Å². The van der Waals surface area contributed by atoms with E-state index < -0.39 is 0 Å². The van der Waals surface area contributed by atoms with Gasteiger partial charge in [0, 0.05) is 12.6 Å². The standard InChI is InChI=1S/C9H15NO/c11-4-8-5-1-6-7(8)3-10-9(6)2-5/h5-11H,1-4H2. The minimum Gasteiger partial charge on any atom is -0.396 e. The van der Waals surface area contributed by atoms with Crippen LogP contribution < -0.4 is 5.32 Å². The summed E-state index contributed by atoms with van der Waals surface area (Å²) in [6.45, 7) is 1.61. The molecule has 3 fully saturated rings. The molecule has 0 spiro atoms. The molecule has 62 valence electrons. The second-order valence-corrected chi connectivity index (χ2v) is 4.42. The van der Waals surface area contributed by atoms with Crippen LogP contribution in [-0.4, -0.2) is 24.3 Å². The van der Waals surface area contributed by atoms with Crippen molar-refractivity contribution in [1.29, 1.82) is 0 Å². The van der Waals surface area contributed by atoms with Gasteiger partial charge in [-0.15, -0.1) is 0 Å². The molecule has 0 amide bonds. The van der Waals surface area contributed by atoms with Gasteiger partial charge >= 0.3 is 0 Å². The second kappa shape index (κ2) is 1.99. The summed E-state index contributed by atoms with van der Waals surface area (Å²) in [4.78, 5) is 0. The average molecular weight is 153 g/mol. The molecule has 2 bridgehead atoms. The lowest BCUT2D eigenvalue weighted by Crippen LogP contribution is -2.28. The van der Waals surface area contributed by atoms with Crippen LogP contribution in [0.1, 0.15) is 12.8 Å². The highest BCUT2D eigenvalue weighted by Gasteiger charge is 2.55. The van der Waals surface area contributed by atoms with Crippen molar-refractivity contribution in [3.05, 3.63) is 0 Å². The molecular formula is C9H15NO. The minimum absolute atomic E-state index is 0.431. The van der Waals surface area contributed by atoms with Crippen LogP contribution in [0.25, 0.3) is 0 Å². The molecule has 0 aromatic heterocycles. The Morgan fingerprint density at radius 2 is 2.18 bits per heavy atom. The Labute approximate surface area is 67.0 Å². The van der Waals surface area contributed by atoms with Crippen LogP contribution in [0.4, 0.5) is 0 Å². The fourth-order valence-electron chi connectivity index (χ4n) is 3.71. The third kappa shape index (κ3) is 0.651. The number of aliphatic hydroxyl groups is 1. The van der Waals surface area contributed by atoms with Gasteiger partial charge in [-0.25, -0.2) is 0 Å². The zero-order valence-corrected chi connectivity index (χ0v) is 6.66. The van der Waals surface area contributed by atoms with Crippen molar-refractivity contribution in [2.45, 2.75) is 18.9 Å². The summed E-state index contributed by atoms with van der Waals surface area (Å²) in [5.41, 5.74) is 0. The Balaban J connectivity index is 1.92. The molecule has 5 unspecified atom stereocenters. The van der Waals surface area contributed by atoms with Crippen molar-refractivity contribution in [3.8, 4) is 0 Å². The molecule has 2 nitrogen and oxygen atoms in total. The van der Waals surface area contributed by atoms with Gasteiger partial charge in [0.2, 0.25) is 0 Å². The number of aliphatic hydroxyl groups excluding tert-OH is 1. The molecule has 0 aromatic rings. The Hall–Kier alpha value is -0.0800. The summed E-state index contributed by atoms with van der Waals surface area (Å²) in [5.74, 6) is 3.25. The maximum atomic E-state index is 9.18. The predicted octanol–water partition coefficient (Wildman–Crippen LogP) is 0.223. The number of nitrogens with one attached hydrogen (secondary N) is 1. The third-order valence-electron chi connectivity index (χ3n) is 4.18. The van der Waals surface area contributed by atoms with Gasteiger partial charge in [0.15, 0.2) is 0 Å². The van der Waals surface area contributed by atoms with Crippen molar-refractivity contribution in [1.82, 2.24) is 5.32 Å². The second-order valence-electron chi connectivity index (χ2n) is 4.42. The molecule has 1 aliphatic heterocycles. The van der Waals surface area contributed by atoms with E-state index in [4.69, 9.17) is 0 Å². The Morgan fingerprint density at radius 1 is 1.27 bits per heavy atom. The van der Waals surface area contributed by atoms with Crippen LogP contribution in [0.15, 0.2) is 0 Å². The molecule has 3 aliphatic rings. The van der Waals surface area contributed by atoms with Crippen molar-refractivity contribution in [3.63, 3.8) is 0 Å². The highest BCUT2D eigenvalue weighted by atomic mass is 16.3. The first-order chi connectivity index (χ1) is 5.40. The van der Waals surface area contributed by atoms with Crippen LogP contribution in [-0.2, 0) is 0 Å². The summed E-state index contributed by atoms with van der Waals surface area (Å²) in [6.07, 6.45) is 2.74. The first-order valence-electron chi connectivity index (χ1n) is 4.74. The first kappa shape index (κ1) is 6.44. The Bertz CT molecular complexity index is 180. The third-order valence-corrected chi connectivity index (χ3v) is 4.18. The highest BCUT2D eigenvalue weighted by molar-refractivity contribution is 5.08. The first-order valence-corrected chi connectivity index (χ1v) is 4.74. The van der Waals surface area contributed by atoms with Crippen LogP contribution >= 0.6 is 0 Å². The largest absolute Gasteiger partial charge is 0.396 e. The molecule has 0 aromatic carbocycles. The highest BCUT2D eigenvalue weighted by Crippen LogP contribution is 2.54. The maximum absolute atomic E-state index is 9.18. The van der Waals surface area contributed by atoms with E-state index in [1.807, 2.05) is 0 Å². The van der Waals surface area contributed by atoms with Gasteiger partial charge in [0.05, 0.1) is 0 Å². The van der Waals surface area contributed by atoms with Crippen LogP contribution in [0.2, 0.25) is 0 Å². The van der Waals surface area contributed by atoms with Crippen molar-refractivity contribution in [2.24, 2.45) is 23.7 Å².